The van der Waals surface area contributed by atoms with Gasteiger partial charge in [0.15, 0.2) is 0 Å². The van der Waals surface area contributed by atoms with Crippen molar-refractivity contribution in [2.45, 2.75) is 19.4 Å². The number of carbonyl (C=O) groups is 1. The molecule has 2 fully saturated rings. The van der Waals surface area contributed by atoms with Crippen molar-refractivity contribution in [1.82, 2.24) is 9.80 Å². The van der Waals surface area contributed by atoms with Crippen LogP contribution in [0.25, 0.3) is 0 Å². The van der Waals surface area contributed by atoms with Gasteiger partial charge in [-0.05, 0) is 31.5 Å². The predicted octanol–water partition coefficient (Wildman–Crippen LogP) is 2.30. The Morgan fingerprint density at radius 3 is 2.81 bits per heavy atom. The van der Waals surface area contributed by atoms with Crippen LogP contribution in [0.1, 0.15) is 23.7 Å². The van der Waals surface area contributed by atoms with Gasteiger partial charge in [0, 0.05) is 44.9 Å². The minimum atomic E-state index is -0.00701. The summed E-state index contributed by atoms with van der Waals surface area (Å²) in [6.07, 6.45) is 0.869. The first-order valence-corrected chi connectivity index (χ1v) is 9.68. The molecule has 3 rings (SSSR count). The van der Waals surface area contributed by atoms with E-state index >= 15 is 0 Å². The van der Waals surface area contributed by atoms with Crippen LogP contribution in [-0.4, -0.2) is 81.0 Å². The van der Waals surface area contributed by atoms with Crippen molar-refractivity contribution in [2.75, 3.05) is 59.2 Å². The zero-order chi connectivity index (χ0) is 18.4. The molecule has 1 amide bonds. The molecule has 1 atom stereocenters. The van der Waals surface area contributed by atoms with Crippen LogP contribution in [0.3, 0.4) is 0 Å². The van der Waals surface area contributed by atoms with Crippen molar-refractivity contribution in [2.24, 2.45) is 0 Å². The molecule has 0 bridgehead atoms. The van der Waals surface area contributed by atoms with Gasteiger partial charge in [-0.1, -0.05) is 11.6 Å². The van der Waals surface area contributed by atoms with Gasteiger partial charge in [-0.3, -0.25) is 9.69 Å². The Morgan fingerprint density at radius 1 is 1.27 bits per heavy atom. The van der Waals surface area contributed by atoms with E-state index in [1.807, 2.05) is 11.8 Å². The lowest BCUT2D eigenvalue weighted by Crippen LogP contribution is -2.45. The van der Waals surface area contributed by atoms with Gasteiger partial charge in [-0.2, -0.15) is 0 Å². The summed E-state index contributed by atoms with van der Waals surface area (Å²) in [5.74, 6) is 0.600. The lowest BCUT2D eigenvalue weighted by Gasteiger charge is -2.31. The first-order chi connectivity index (χ1) is 12.7. The van der Waals surface area contributed by atoms with Crippen LogP contribution >= 0.6 is 11.6 Å². The summed E-state index contributed by atoms with van der Waals surface area (Å²) in [4.78, 5) is 17.2. The fraction of sp³-hybridized carbons (Fsp3) is 0.632. The van der Waals surface area contributed by atoms with Crippen LogP contribution in [0.5, 0.6) is 5.75 Å². The number of halogens is 1. The molecule has 6 nitrogen and oxygen atoms in total. The van der Waals surface area contributed by atoms with Crippen molar-refractivity contribution < 1.29 is 19.0 Å². The van der Waals surface area contributed by atoms with Gasteiger partial charge in [-0.15, -0.1) is 0 Å². The second-order valence-electron chi connectivity index (χ2n) is 6.59. The quantitative estimate of drug-likeness (QED) is 0.782. The van der Waals surface area contributed by atoms with Crippen molar-refractivity contribution in [3.8, 4) is 5.75 Å². The molecule has 0 aliphatic carbocycles. The molecule has 2 aliphatic heterocycles. The molecule has 144 valence electrons. The van der Waals surface area contributed by atoms with E-state index in [0.717, 1.165) is 39.3 Å². The maximum absolute atomic E-state index is 12.9. The molecule has 26 heavy (non-hydrogen) atoms. The van der Waals surface area contributed by atoms with Crippen LogP contribution in [0.4, 0.5) is 0 Å². The van der Waals surface area contributed by atoms with E-state index in [0.29, 0.717) is 42.6 Å². The number of hydrogen-bond donors (Lipinski definition) is 0. The summed E-state index contributed by atoms with van der Waals surface area (Å²) < 4.78 is 16.8. The molecule has 7 heteroatoms. The normalized spacial score (nSPS) is 22.1. The smallest absolute Gasteiger partial charge is 0.253 e. The van der Waals surface area contributed by atoms with Gasteiger partial charge >= 0.3 is 0 Å². The summed E-state index contributed by atoms with van der Waals surface area (Å²) in [6.45, 7) is 8.62. The fourth-order valence-electron chi connectivity index (χ4n) is 3.35. The molecule has 0 saturated carbocycles. The van der Waals surface area contributed by atoms with Crippen molar-refractivity contribution in [3.05, 3.63) is 28.8 Å². The molecule has 1 aromatic rings. The van der Waals surface area contributed by atoms with Crippen molar-refractivity contribution in [3.63, 3.8) is 0 Å². The highest BCUT2D eigenvalue weighted by molar-refractivity contribution is 6.32. The number of nitrogens with zero attached hydrogens (tertiary/aromatic N) is 2. The standard InChI is InChI=1S/C19H27ClN2O4/c1-2-25-18-5-4-15(12-17(18)20)19(23)22-6-3-9-26-16(14-22)13-21-7-10-24-11-8-21/h4-5,12,16H,2-3,6-11,13-14H2,1H3/t16-/m1/s1. The van der Waals surface area contributed by atoms with Crippen LogP contribution < -0.4 is 4.74 Å². The second kappa shape index (κ2) is 9.55. The van der Waals surface area contributed by atoms with Gasteiger partial charge in [-0.25, -0.2) is 0 Å². The molecule has 0 radical (unpaired) electrons. The number of benzene rings is 1. The van der Waals surface area contributed by atoms with E-state index in [9.17, 15) is 4.79 Å². The van der Waals surface area contributed by atoms with E-state index in [1.54, 1.807) is 18.2 Å². The highest BCUT2D eigenvalue weighted by Gasteiger charge is 2.26. The molecule has 1 aromatic carbocycles. The summed E-state index contributed by atoms with van der Waals surface area (Å²) in [5, 5.41) is 0.466. The number of amides is 1. The summed E-state index contributed by atoms with van der Waals surface area (Å²) >= 11 is 6.24. The Hall–Kier alpha value is -1.34. The Kier molecular flexibility index (Phi) is 7.14. The van der Waals surface area contributed by atoms with Gasteiger partial charge in [0.2, 0.25) is 0 Å². The first kappa shape index (κ1) is 19.4. The van der Waals surface area contributed by atoms with E-state index in [2.05, 4.69) is 4.90 Å². The number of carbonyl (C=O) groups excluding carboxylic acids is 1. The largest absolute Gasteiger partial charge is 0.492 e. The van der Waals surface area contributed by atoms with E-state index in [-0.39, 0.29) is 12.0 Å². The fourth-order valence-corrected chi connectivity index (χ4v) is 3.59. The molecule has 0 aromatic heterocycles. The second-order valence-corrected chi connectivity index (χ2v) is 7.00. The molecular weight excluding hydrogens is 356 g/mol. The minimum absolute atomic E-state index is 0.00701. The molecule has 0 N–H and O–H groups in total. The van der Waals surface area contributed by atoms with Crippen LogP contribution in [0, 0.1) is 0 Å². The summed E-state index contributed by atoms with van der Waals surface area (Å²) in [7, 11) is 0. The zero-order valence-electron chi connectivity index (χ0n) is 15.3. The average molecular weight is 383 g/mol. The number of ether oxygens (including phenoxy) is 3. The van der Waals surface area contributed by atoms with Crippen LogP contribution in [-0.2, 0) is 9.47 Å². The van der Waals surface area contributed by atoms with Crippen LogP contribution in [0.2, 0.25) is 5.02 Å². The minimum Gasteiger partial charge on any atom is -0.492 e. The Labute approximate surface area is 159 Å². The Morgan fingerprint density at radius 2 is 2.08 bits per heavy atom. The lowest BCUT2D eigenvalue weighted by molar-refractivity contribution is -0.0112. The number of hydrogen-bond acceptors (Lipinski definition) is 5. The molecule has 2 saturated heterocycles. The number of rotatable bonds is 5. The van der Waals surface area contributed by atoms with Gasteiger partial charge in [0.05, 0.1) is 30.9 Å². The predicted molar refractivity (Wildman–Crippen MR) is 100 cm³/mol. The lowest BCUT2D eigenvalue weighted by atomic mass is 10.1. The third-order valence-electron chi connectivity index (χ3n) is 4.68. The van der Waals surface area contributed by atoms with E-state index in [1.165, 1.54) is 0 Å². The summed E-state index contributed by atoms with van der Waals surface area (Å²) in [5.41, 5.74) is 0.588. The third kappa shape index (κ3) is 5.10. The van der Waals surface area contributed by atoms with Gasteiger partial charge in [0.1, 0.15) is 5.75 Å². The topological polar surface area (TPSA) is 51.2 Å². The zero-order valence-corrected chi connectivity index (χ0v) is 16.0. The van der Waals surface area contributed by atoms with Crippen molar-refractivity contribution in [1.29, 1.82) is 0 Å². The van der Waals surface area contributed by atoms with E-state index < -0.39 is 0 Å². The van der Waals surface area contributed by atoms with Gasteiger partial charge < -0.3 is 19.1 Å². The monoisotopic (exact) mass is 382 g/mol. The molecular formula is C19H27ClN2O4. The van der Waals surface area contributed by atoms with E-state index in [4.69, 9.17) is 25.8 Å². The Balaban J connectivity index is 1.64. The average Bonchev–Trinajstić information content (AvgIpc) is 2.89. The van der Waals surface area contributed by atoms with Crippen molar-refractivity contribution >= 4 is 17.5 Å². The maximum atomic E-state index is 12.9. The SMILES string of the molecule is CCOc1ccc(C(=O)N2CCCO[C@H](CN3CCOCC3)C2)cc1Cl. The highest BCUT2D eigenvalue weighted by atomic mass is 35.5. The Bertz CT molecular complexity index is 607. The first-order valence-electron chi connectivity index (χ1n) is 9.30. The molecule has 0 spiro atoms. The summed E-state index contributed by atoms with van der Waals surface area (Å²) in [6, 6.07) is 5.23. The molecule has 2 heterocycles. The third-order valence-corrected chi connectivity index (χ3v) is 4.98. The number of morpholine rings is 1. The van der Waals surface area contributed by atoms with Gasteiger partial charge in [0.25, 0.3) is 5.91 Å². The molecule has 0 unspecified atom stereocenters. The molecule has 2 aliphatic rings. The maximum Gasteiger partial charge on any atom is 0.253 e. The van der Waals surface area contributed by atoms with Crippen LogP contribution in [0.15, 0.2) is 18.2 Å². The highest BCUT2D eigenvalue weighted by Crippen LogP contribution is 2.26.